The fourth-order valence-corrected chi connectivity index (χ4v) is 3.33. The number of aryl methyl sites for hydroxylation is 1. The van der Waals surface area contributed by atoms with Gasteiger partial charge in [0.1, 0.15) is 5.76 Å². The van der Waals surface area contributed by atoms with E-state index in [4.69, 9.17) is 9.26 Å². The molecular formula is C23H19N3O6. The van der Waals surface area contributed by atoms with Crippen molar-refractivity contribution in [3.05, 3.63) is 82.6 Å². The van der Waals surface area contributed by atoms with Crippen LogP contribution in [0.1, 0.15) is 42.4 Å². The molecule has 0 aliphatic carbocycles. The number of ether oxygens (including phenoxy) is 1. The van der Waals surface area contributed by atoms with E-state index >= 15 is 0 Å². The lowest BCUT2D eigenvalue weighted by Crippen LogP contribution is -2.31. The van der Waals surface area contributed by atoms with Crippen molar-refractivity contribution in [1.29, 1.82) is 0 Å². The van der Waals surface area contributed by atoms with Crippen molar-refractivity contribution in [2.24, 2.45) is 0 Å². The van der Waals surface area contributed by atoms with E-state index in [0.29, 0.717) is 12.2 Å². The van der Waals surface area contributed by atoms with E-state index in [1.165, 1.54) is 29.2 Å². The van der Waals surface area contributed by atoms with Gasteiger partial charge in [-0.1, -0.05) is 35.5 Å². The number of rotatable bonds is 7. The summed E-state index contributed by atoms with van der Waals surface area (Å²) in [5.74, 6) is -1.51. The lowest BCUT2D eigenvalue weighted by Gasteiger charge is -2.13. The summed E-state index contributed by atoms with van der Waals surface area (Å²) in [7, 11) is 0. The molecule has 0 saturated carbocycles. The molecule has 1 aliphatic rings. The Bertz CT molecular complexity index is 1200. The number of benzene rings is 2. The first-order chi connectivity index (χ1) is 15.4. The van der Waals surface area contributed by atoms with Crippen molar-refractivity contribution >= 4 is 29.5 Å². The largest absolute Gasteiger partial charge is 0.452 e. The Labute approximate surface area is 182 Å². The van der Waals surface area contributed by atoms with E-state index in [9.17, 15) is 19.2 Å². The molecule has 0 spiro atoms. The summed E-state index contributed by atoms with van der Waals surface area (Å²) in [6, 6.07) is 15.2. The summed E-state index contributed by atoms with van der Waals surface area (Å²) in [6.07, 6.45) is 0.529. The molecule has 9 heteroatoms. The minimum absolute atomic E-state index is 0.0693. The Morgan fingerprint density at radius 1 is 1.03 bits per heavy atom. The smallest absolute Gasteiger partial charge is 0.338 e. The highest BCUT2D eigenvalue weighted by atomic mass is 16.5. The fourth-order valence-electron chi connectivity index (χ4n) is 3.33. The van der Waals surface area contributed by atoms with Crippen LogP contribution in [0.3, 0.4) is 0 Å². The van der Waals surface area contributed by atoms with Crippen LogP contribution in [0, 0.1) is 6.92 Å². The lowest BCUT2D eigenvalue weighted by molar-refractivity contribution is -0.119. The standard InChI is InChI=1S/C23H19N3O6/c1-14-11-19(25-32-14)24-20(27)13-31-23(30)16-7-8-17-18(12-16)22(29)26(21(17)28)10-9-15-5-3-2-4-6-15/h2-8,11-12H,9-10,13H2,1H3,(H,24,25,27). The molecule has 0 radical (unpaired) electrons. The number of aromatic nitrogens is 1. The average Bonchev–Trinajstić information content (AvgIpc) is 3.31. The van der Waals surface area contributed by atoms with Crippen LogP contribution in [-0.2, 0) is 16.0 Å². The van der Waals surface area contributed by atoms with Crippen LogP contribution in [0.2, 0.25) is 0 Å². The third kappa shape index (κ3) is 4.41. The quantitative estimate of drug-likeness (QED) is 0.449. The molecule has 1 aliphatic heterocycles. The van der Waals surface area contributed by atoms with Crippen LogP contribution in [0.4, 0.5) is 5.82 Å². The maximum atomic E-state index is 12.7. The minimum Gasteiger partial charge on any atom is -0.452 e. The third-order valence-corrected chi connectivity index (χ3v) is 4.90. The molecular weight excluding hydrogens is 414 g/mol. The van der Waals surface area contributed by atoms with Gasteiger partial charge < -0.3 is 14.6 Å². The highest BCUT2D eigenvalue weighted by Gasteiger charge is 2.35. The predicted octanol–water partition coefficient (Wildman–Crippen LogP) is 2.62. The molecule has 32 heavy (non-hydrogen) atoms. The zero-order valence-electron chi connectivity index (χ0n) is 17.2. The molecule has 3 amide bonds. The van der Waals surface area contributed by atoms with E-state index in [1.807, 2.05) is 30.3 Å². The Morgan fingerprint density at radius 2 is 1.78 bits per heavy atom. The van der Waals surface area contributed by atoms with Crippen molar-refractivity contribution in [2.45, 2.75) is 13.3 Å². The van der Waals surface area contributed by atoms with Crippen molar-refractivity contribution in [3.8, 4) is 0 Å². The zero-order chi connectivity index (χ0) is 22.7. The number of nitrogens with one attached hydrogen (secondary N) is 1. The number of fused-ring (bicyclic) bond motifs is 1. The molecule has 9 nitrogen and oxygen atoms in total. The molecule has 2 heterocycles. The van der Waals surface area contributed by atoms with Gasteiger partial charge in [0.2, 0.25) is 0 Å². The third-order valence-electron chi connectivity index (χ3n) is 4.90. The number of hydrogen-bond donors (Lipinski definition) is 1. The average molecular weight is 433 g/mol. The highest BCUT2D eigenvalue weighted by Crippen LogP contribution is 2.24. The first-order valence-electron chi connectivity index (χ1n) is 9.87. The van der Waals surface area contributed by atoms with Gasteiger partial charge in [0.25, 0.3) is 17.7 Å². The van der Waals surface area contributed by atoms with E-state index < -0.39 is 30.3 Å². The number of carbonyl (C=O) groups is 4. The van der Waals surface area contributed by atoms with Gasteiger partial charge >= 0.3 is 5.97 Å². The first-order valence-corrected chi connectivity index (χ1v) is 9.87. The molecule has 2 aromatic carbocycles. The van der Waals surface area contributed by atoms with Gasteiger partial charge in [0.05, 0.1) is 16.7 Å². The Balaban J connectivity index is 1.38. The molecule has 162 valence electrons. The predicted molar refractivity (Wildman–Crippen MR) is 112 cm³/mol. The van der Waals surface area contributed by atoms with Crippen LogP contribution in [0.5, 0.6) is 0 Å². The number of amides is 3. The minimum atomic E-state index is -0.790. The maximum Gasteiger partial charge on any atom is 0.338 e. The van der Waals surface area contributed by atoms with Crippen LogP contribution in [0.25, 0.3) is 0 Å². The van der Waals surface area contributed by atoms with Crippen LogP contribution in [0.15, 0.2) is 59.1 Å². The van der Waals surface area contributed by atoms with Crippen LogP contribution < -0.4 is 5.32 Å². The summed E-state index contributed by atoms with van der Waals surface area (Å²) in [4.78, 5) is 50.8. The summed E-state index contributed by atoms with van der Waals surface area (Å²) in [6.45, 7) is 1.36. The second-order valence-electron chi connectivity index (χ2n) is 7.21. The van der Waals surface area contributed by atoms with E-state index in [0.717, 1.165) is 5.56 Å². The van der Waals surface area contributed by atoms with Crippen LogP contribution >= 0.6 is 0 Å². The van der Waals surface area contributed by atoms with Gasteiger partial charge in [-0.3, -0.25) is 19.3 Å². The monoisotopic (exact) mass is 433 g/mol. The second-order valence-corrected chi connectivity index (χ2v) is 7.21. The van der Waals surface area contributed by atoms with Crippen molar-refractivity contribution < 1.29 is 28.4 Å². The topological polar surface area (TPSA) is 119 Å². The lowest BCUT2D eigenvalue weighted by atomic mass is 10.1. The Morgan fingerprint density at radius 3 is 2.50 bits per heavy atom. The van der Waals surface area contributed by atoms with Gasteiger partial charge in [-0.05, 0) is 37.1 Å². The molecule has 0 bridgehead atoms. The molecule has 0 unspecified atom stereocenters. The highest BCUT2D eigenvalue weighted by molar-refractivity contribution is 6.22. The van der Waals surface area contributed by atoms with E-state index in [1.54, 1.807) is 6.92 Å². The zero-order valence-corrected chi connectivity index (χ0v) is 17.2. The van der Waals surface area contributed by atoms with Crippen LogP contribution in [-0.4, -0.2) is 46.9 Å². The first kappa shape index (κ1) is 21.0. The fraction of sp³-hybridized carbons (Fsp3) is 0.174. The molecule has 0 fully saturated rings. The number of nitrogens with zero attached hydrogens (tertiary/aromatic N) is 2. The summed E-state index contributed by atoms with van der Waals surface area (Å²) in [5, 5.41) is 6.05. The molecule has 0 atom stereocenters. The molecule has 4 rings (SSSR count). The number of anilines is 1. The van der Waals surface area contributed by atoms with Gasteiger partial charge in [-0.25, -0.2) is 4.79 Å². The Hall–Kier alpha value is -4.27. The van der Waals surface area contributed by atoms with Crippen molar-refractivity contribution in [3.63, 3.8) is 0 Å². The molecule has 1 N–H and O–H groups in total. The molecule has 3 aromatic rings. The number of imide groups is 1. The maximum absolute atomic E-state index is 12.7. The second kappa shape index (κ2) is 8.84. The SMILES string of the molecule is Cc1cc(NC(=O)COC(=O)c2ccc3c(c2)C(=O)N(CCc2ccccc2)C3=O)no1. The number of esters is 1. The Kier molecular flexibility index (Phi) is 5.80. The van der Waals surface area contributed by atoms with E-state index in [2.05, 4.69) is 10.5 Å². The van der Waals surface area contributed by atoms with Gasteiger partial charge in [0, 0.05) is 12.6 Å². The van der Waals surface area contributed by atoms with Gasteiger partial charge in [-0.15, -0.1) is 0 Å². The normalized spacial score (nSPS) is 12.6. The molecule has 0 saturated heterocycles. The summed E-state index contributed by atoms with van der Waals surface area (Å²) >= 11 is 0. The number of hydrogen-bond acceptors (Lipinski definition) is 7. The van der Waals surface area contributed by atoms with Crippen molar-refractivity contribution in [2.75, 3.05) is 18.5 Å². The summed E-state index contributed by atoms with van der Waals surface area (Å²) < 4.78 is 9.84. The van der Waals surface area contributed by atoms with Gasteiger partial charge in [0.15, 0.2) is 12.4 Å². The number of carbonyl (C=O) groups excluding carboxylic acids is 4. The van der Waals surface area contributed by atoms with E-state index in [-0.39, 0.29) is 29.1 Å². The van der Waals surface area contributed by atoms with Crippen molar-refractivity contribution in [1.82, 2.24) is 10.1 Å². The summed E-state index contributed by atoms with van der Waals surface area (Å²) in [5.41, 5.74) is 1.45. The van der Waals surface area contributed by atoms with Gasteiger partial charge in [-0.2, -0.15) is 0 Å². The molecule has 1 aromatic heterocycles.